The van der Waals surface area contributed by atoms with E-state index in [4.69, 9.17) is 21.1 Å². The number of aromatic nitrogens is 2. The fourth-order valence-corrected chi connectivity index (χ4v) is 3.16. The standard InChI is InChI=1S/C24H17ClFN3O3/c1-31-21-10-9-18(14-20(21)25)28-24(30)16-3-2-4-19(13-16)32-22-11-12-27-23(29-22)15-5-7-17(26)8-6-15/h2-14H,1H3,(H,28,30). The summed E-state index contributed by atoms with van der Waals surface area (Å²) in [7, 11) is 1.52. The highest BCUT2D eigenvalue weighted by atomic mass is 35.5. The van der Waals surface area contributed by atoms with Crippen molar-refractivity contribution in [2.45, 2.75) is 0 Å². The van der Waals surface area contributed by atoms with Gasteiger partial charge in [0.25, 0.3) is 5.91 Å². The Morgan fingerprint density at radius 3 is 2.59 bits per heavy atom. The number of hydrogen-bond acceptors (Lipinski definition) is 5. The van der Waals surface area contributed by atoms with E-state index in [1.807, 2.05) is 0 Å². The summed E-state index contributed by atoms with van der Waals surface area (Å²) in [6.07, 6.45) is 1.55. The lowest BCUT2D eigenvalue weighted by Gasteiger charge is -2.10. The lowest BCUT2D eigenvalue weighted by molar-refractivity contribution is 0.102. The van der Waals surface area contributed by atoms with Crippen LogP contribution in [0.1, 0.15) is 10.4 Å². The van der Waals surface area contributed by atoms with E-state index in [0.29, 0.717) is 45.0 Å². The molecule has 0 radical (unpaired) electrons. The maximum absolute atomic E-state index is 13.2. The fraction of sp³-hybridized carbons (Fsp3) is 0.0417. The topological polar surface area (TPSA) is 73.3 Å². The number of anilines is 1. The van der Waals surface area contributed by atoms with E-state index >= 15 is 0 Å². The molecular formula is C24H17ClFN3O3. The zero-order valence-corrected chi connectivity index (χ0v) is 17.6. The molecule has 0 saturated carbocycles. The van der Waals surface area contributed by atoms with E-state index in [9.17, 15) is 9.18 Å². The van der Waals surface area contributed by atoms with E-state index in [-0.39, 0.29) is 11.7 Å². The third kappa shape index (κ3) is 5.01. The zero-order chi connectivity index (χ0) is 22.5. The van der Waals surface area contributed by atoms with Gasteiger partial charge in [-0.15, -0.1) is 0 Å². The van der Waals surface area contributed by atoms with Crippen LogP contribution < -0.4 is 14.8 Å². The van der Waals surface area contributed by atoms with Crippen LogP contribution in [0.25, 0.3) is 11.4 Å². The highest BCUT2D eigenvalue weighted by Gasteiger charge is 2.11. The van der Waals surface area contributed by atoms with Crippen molar-refractivity contribution < 1.29 is 18.7 Å². The summed E-state index contributed by atoms with van der Waals surface area (Å²) in [5, 5.41) is 3.18. The number of carbonyl (C=O) groups is 1. The summed E-state index contributed by atoms with van der Waals surface area (Å²) in [5.74, 6) is 0.963. The Morgan fingerprint density at radius 2 is 1.84 bits per heavy atom. The summed E-state index contributed by atoms with van der Waals surface area (Å²) >= 11 is 6.11. The third-order valence-corrected chi connectivity index (χ3v) is 4.76. The van der Waals surface area contributed by atoms with Crippen molar-refractivity contribution in [2.75, 3.05) is 12.4 Å². The van der Waals surface area contributed by atoms with Crippen LogP contribution in [0.4, 0.5) is 10.1 Å². The van der Waals surface area contributed by atoms with Crippen LogP contribution >= 0.6 is 11.6 Å². The highest BCUT2D eigenvalue weighted by molar-refractivity contribution is 6.32. The number of benzene rings is 3. The number of nitrogens with zero attached hydrogens (tertiary/aromatic N) is 2. The molecule has 0 aliphatic carbocycles. The zero-order valence-electron chi connectivity index (χ0n) is 16.9. The predicted molar refractivity (Wildman–Crippen MR) is 120 cm³/mol. The van der Waals surface area contributed by atoms with Gasteiger partial charge in [0.2, 0.25) is 5.88 Å². The minimum atomic E-state index is -0.340. The van der Waals surface area contributed by atoms with Gasteiger partial charge in [-0.25, -0.2) is 9.37 Å². The minimum Gasteiger partial charge on any atom is -0.495 e. The summed E-state index contributed by atoms with van der Waals surface area (Å²) in [4.78, 5) is 21.2. The molecular weight excluding hydrogens is 433 g/mol. The second-order valence-electron chi connectivity index (χ2n) is 6.66. The fourth-order valence-electron chi connectivity index (χ4n) is 2.91. The van der Waals surface area contributed by atoms with Crippen LogP contribution in [-0.4, -0.2) is 23.0 Å². The molecule has 4 aromatic rings. The Bertz CT molecular complexity index is 1270. The quantitative estimate of drug-likeness (QED) is 0.391. The van der Waals surface area contributed by atoms with Gasteiger partial charge in [0.15, 0.2) is 5.82 Å². The van der Waals surface area contributed by atoms with Gasteiger partial charge < -0.3 is 14.8 Å². The molecule has 6 nitrogen and oxygen atoms in total. The highest BCUT2D eigenvalue weighted by Crippen LogP contribution is 2.28. The molecule has 1 amide bonds. The first kappa shape index (κ1) is 21.3. The molecule has 0 spiro atoms. The first-order valence-electron chi connectivity index (χ1n) is 9.53. The molecule has 8 heteroatoms. The average molecular weight is 450 g/mol. The number of amides is 1. The van der Waals surface area contributed by atoms with Crippen molar-refractivity contribution in [2.24, 2.45) is 0 Å². The van der Waals surface area contributed by atoms with Crippen LogP contribution in [0.15, 0.2) is 79.0 Å². The van der Waals surface area contributed by atoms with Gasteiger partial charge in [-0.1, -0.05) is 17.7 Å². The first-order valence-corrected chi connectivity index (χ1v) is 9.91. The van der Waals surface area contributed by atoms with Crippen molar-refractivity contribution >= 4 is 23.2 Å². The molecule has 1 N–H and O–H groups in total. The van der Waals surface area contributed by atoms with E-state index in [1.165, 1.54) is 19.2 Å². The second-order valence-corrected chi connectivity index (χ2v) is 7.07. The lowest BCUT2D eigenvalue weighted by atomic mass is 10.2. The van der Waals surface area contributed by atoms with Gasteiger partial charge in [0.1, 0.15) is 17.3 Å². The molecule has 160 valence electrons. The maximum Gasteiger partial charge on any atom is 0.255 e. The Morgan fingerprint density at radius 1 is 1.03 bits per heavy atom. The number of methoxy groups -OCH3 is 1. The molecule has 0 fully saturated rings. The summed E-state index contributed by atoms with van der Waals surface area (Å²) in [6.45, 7) is 0. The van der Waals surface area contributed by atoms with Crippen molar-refractivity contribution in [1.29, 1.82) is 0 Å². The molecule has 0 aliphatic rings. The molecule has 0 aliphatic heterocycles. The predicted octanol–water partition coefficient (Wildman–Crippen LogP) is 5.99. The van der Waals surface area contributed by atoms with Crippen LogP contribution in [0, 0.1) is 5.82 Å². The Hall–Kier alpha value is -3.97. The number of hydrogen-bond donors (Lipinski definition) is 1. The van der Waals surface area contributed by atoms with Crippen LogP contribution in [-0.2, 0) is 0 Å². The third-order valence-electron chi connectivity index (χ3n) is 4.46. The van der Waals surface area contributed by atoms with Gasteiger partial charge in [-0.3, -0.25) is 4.79 Å². The smallest absolute Gasteiger partial charge is 0.255 e. The number of rotatable bonds is 6. The number of carbonyl (C=O) groups excluding carboxylic acids is 1. The SMILES string of the molecule is COc1ccc(NC(=O)c2cccc(Oc3ccnc(-c4ccc(F)cc4)n3)c2)cc1Cl. The molecule has 0 saturated heterocycles. The summed E-state index contributed by atoms with van der Waals surface area (Å²) in [6, 6.07) is 19.1. The molecule has 1 heterocycles. The van der Waals surface area contributed by atoms with E-state index in [0.717, 1.165) is 0 Å². The van der Waals surface area contributed by atoms with Crippen molar-refractivity contribution in [3.63, 3.8) is 0 Å². The molecule has 1 aromatic heterocycles. The van der Waals surface area contributed by atoms with Crippen LogP contribution in [0.5, 0.6) is 17.4 Å². The second kappa shape index (κ2) is 9.45. The molecule has 0 atom stereocenters. The lowest BCUT2D eigenvalue weighted by Crippen LogP contribution is -2.11. The Balaban J connectivity index is 1.49. The molecule has 4 rings (SSSR count). The molecule has 0 bridgehead atoms. The van der Waals surface area contributed by atoms with Gasteiger partial charge in [0.05, 0.1) is 12.1 Å². The van der Waals surface area contributed by atoms with Crippen molar-refractivity contribution in [3.05, 3.63) is 95.4 Å². The van der Waals surface area contributed by atoms with E-state index < -0.39 is 0 Å². The average Bonchev–Trinajstić information content (AvgIpc) is 2.80. The van der Waals surface area contributed by atoms with E-state index in [2.05, 4.69) is 15.3 Å². The number of halogens is 2. The van der Waals surface area contributed by atoms with Crippen molar-refractivity contribution in [1.82, 2.24) is 9.97 Å². The largest absolute Gasteiger partial charge is 0.495 e. The maximum atomic E-state index is 13.2. The van der Waals surface area contributed by atoms with Crippen molar-refractivity contribution in [3.8, 4) is 28.8 Å². The first-order chi connectivity index (χ1) is 15.5. The minimum absolute atomic E-state index is 0.291. The molecule has 32 heavy (non-hydrogen) atoms. The van der Waals surface area contributed by atoms with E-state index in [1.54, 1.807) is 66.9 Å². The monoisotopic (exact) mass is 449 g/mol. The normalized spacial score (nSPS) is 10.5. The van der Waals surface area contributed by atoms with Gasteiger partial charge >= 0.3 is 0 Å². The Labute approximate surface area is 188 Å². The molecule has 3 aromatic carbocycles. The Kier molecular flexibility index (Phi) is 6.28. The van der Waals surface area contributed by atoms with Gasteiger partial charge in [-0.05, 0) is 60.7 Å². The van der Waals surface area contributed by atoms with Crippen LogP contribution in [0.3, 0.4) is 0 Å². The van der Waals surface area contributed by atoms with Gasteiger partial charge in [-0.2, -0.15) is 4.98 Å². The summed E-state index contributed by atoms with van der Waals surface area (Å²) in [5.41, 5.74) is 1.58. The van der Waals surface area contributed by atoms with Crippen LogP contribution in [0.2, 0.25) is 5.02 Å². The number of ether oxygens (including phenoxy) is 2. The number of nitrogens with one attached hydrogen (secondary N) is 1. The van der Waals surface area contributed by atoms with Gasteiger partial charge in [0, 0.05) is 29.1 Å². The summed E-state index contributed by atoms with van der Waals surface area (Å²) < 4.78 is 24.1. The molecule has 0 unspecified atom stereocenters.